The smallest absolute Gasteiger partial charge is 0.242 e. The summed E-state index contributed by atoms with van der Waals surface area (Å²) in [7, 11) is 3.44. The van der Waals surface area contributed by atoms with E-state index in [1.54, 1.807) is 25.2 Å². The standard InChI is InChI=1S/C12H16N4O2/c1-13-10-4-3-9(5-14-10)6-16-8-11(17)15(2)7-12(16)18/h3-5H,6-8H2,1-2H3,(H,13,14). The number of hydrogen-bond acceptors (Lipinski definition) is 4. The zero-order chi connectivity index (χ0) is 13.1. The number of aromatic nitrogens is 1. The molecule has 1 N–H and O–H groups in total. The molecule has 0 spiro atoms. The van der Waals surface area contributed by atoms with Gasteiger partial charge in [0.25, 0.3) is 0 Å². The SMILES string of the molecule is CNc1ccc(CN2CC(=O)N(C)CC2=O)cn1. The Morgan fingerprint density at radius 3 is 2.67 bits per heavy atom. The molecule has 2 rings (SSSR count). The van der Waals surface area contributed by atoms with Crippen LogP contribution in [0.25, 0.3) is 0 Å². The van der Waals surface area contributed by atoms with Gasteiger partial charge in [-0.3, -0.25) is 9.59 Å². The van der Waals surface area contributed by atoms with Crippen LogP contribution in [0.5, 0.6) is 0 Å². The summed E-state index contributed by atoms with van der Waals surface area (Å²) in [4.78, 5) is 30.5. The van der Waals surface area contributed by atoms with Crippen molar-refractivity contribution in [2.45, 2.75) is 6.54 Å². The molecule has 96 valence electrons. The van der Waals surface area contributed by atoms with Crippen LogP contribution in [0.15, 0.2) is 18.3 Å². The normalized spacial score (nSPS) is 16.1. The van der Waals surface area contributed by atoms with E-state index < -0.39 is 0 Å². The second kappa shape index (κ2) is 5.03. The van der Waals surface area contributed by atoms with Crippen LogP contribution in [0.4, 0.5) is 5.82 Å². The number of hydrogen-bond donors (Lipinski definition) is 1. The molecule has 6 heteroatoms. The van der Waals surface area contributed by atoms with Crippen LogP contribution in [0.1, 0.15) is 5.56 Å². The molecule has 0 unspecified atom stereocenters. The monoisotopic (exact) mass is 248 g/mol. The molecular weight excluding hydrogens is 232 g/mol. The summed E-state index contributed by atoms with van der Waals surface area (Å²) in [5, 5.41) is 2.93. The Balaban J connectivity index is 2.04. The van der Waals surface area contributed by atoms with Crippen molar-refractivity contribution in [3.8, 4) is 0 Å². The second-order valence-corrected chi connectivity index (χ2v) is 4.30. The van der Waals surface area contributed by atoms with Gasteiger partial charge in [-0.05, 0) is 11.6 Å². The van der Waals surface area contributed by atoms with Crippen LogP contribution in [-0.2, 0) is 16.1 Å². The summed E-state index contributed by atoms with van der Waals surface area (Å²) in [6.45, 7) is 0.722. The molecule has 0 radical (unpaired) electrons. The van der Waals surface area contributed by atoms with Crippen LogP contribution < -0.4 is 5.32 Å². The van der Waals surface area contributed by atoms with Gasteiger partial charge in [0.15, 0.2) is 0 Å². The van der Waals surface area contributed by atoms with E-state index in [2.05, 4.69) is 10.3 Å². The first kappa shape index (κ1) is 12.3. The molecule has 1 aromatic rings. The number of anilines is 1. The van der Waals surface area contributed by atoms with Crippen LogP contribution in [-0.4, -0.2) is 53.8 Å². The number of nitrogens with one attached hydrogen (secondary N) is 1. The first-order valence-corrected chi connectivity index (χ1v) is 5.74. The average Bonchev–Trinajstić information content (AvgIpc) is 2.37. The summed E-state index contributed by atoms with van der Waals surface area (Å²) in [5.74, 6) is 0.712. The summed E-state index contributed by atoms with van der Waals surface area (Å²) >= 11 is 0. The van der Waals surface area contributed by atoms with Gasteiger partial charge in [-0.15, -0.1) is 0 Å². The molecule has 2 amide bonds. The first-order chi connectivity index (χ1) is 8.60. The van der Waals surface area contributed by atoms with Gasteiger partial charge in [-0.25, -0.2) is 4.98 Å². The van der Waals surface area contributed by atoms with E-state index >= 15 is 0 Å². The van der Waals surface area contributed by atoms with Crippen LogP contribution >= 0.6 is 0 Å². The molecule has 0 aromatic carbocycles. The van der Waals surface area contributed by atoms with E-state index in [1.165, 1.54) is 4.90 Å². The van der Waals surface area contributed by atoms with Gasteiger partial charge in [0.1, 0.15) is 12.4 Å². The molecule has 1 saturated heterocycles. The number of carbonyl (C=O) groups excluding carboxylic acids is 2. The molecule has 2 heterocycles. The van der Waals surface area contributed by atoms with Crippen molar-refractivity contribution in [2.24, 2.45) is 0 Å². The molecule has 18 heavy (non-hydrogen) atoms. The van der Waals surface area contributed by atoms with Gasteiger partial charge in [0.2, 0.25) is 11.8 Å². The lowest BCUT2D eigenvalue weighted by Crippen LogP contribution is -2.51. The Kier molecular flexibility index (Phi) is 3.45. The van der Waals surface area contributed by atoms with Crippen molar-refractivity contribution in [3.05, 3.63) is 23.9 Å². The van der Waals surface area contributed by atoms with Gasteiger partial charge in [0, 0.05) is 26.8 Å². The van der Waals surface area contributed by atoms with Crippen LogP contribution in [0.3, 0.4) is 0 Å². The fourth-order valence-corrected chi connectivity index (χ4v) is 1.79. The lowest BCUT2D eigenvalue weighted by atomic mass is 10.2. The zero-order valence-electron chi connectivity index (χ0n) is 10.5. The lowest BCUT2D eigenvalue weighted by molar-refractivity contribution is -0.149. The lowest BCUT2D eigenvalue weighted by Gasteiger charge is -2.31. The Bertz CT molecular complexity index is 458. The van der Waals surface area contributed by atoms with Gasteiger partial charge >= 0.3 is 0 Å². The molecule has 0 bridgehead atoms. The summed E-state index contributed by atoms with van der Waals surface area (Å²) in [6.07, 6.45) is 1.71. The largest absolute Gasteiger partial charge is 0.373 e. The maximum atomic E-state index is 11.8. The summed E-state index contributed by atoms with van der Waals surface area (Å²) < 4.78 is 0. The number of nitrogens with zero attached hydrogens (tertiary/aromatic N) is 3. The number of piperazine rings is 1. The molecule has 1 fully saturated rings. The first-order valence-electron chi connectivity index (χ1n) is 5.74. The van der Waals surface area contributed by atoms with Crippen molar-refractivity contribution in [1.82, 2.24) is 14.8 Å². The Morgan fingerprint density at radius 1 is 1.28 bits per heavy atom. The van der Waals surface area contributed by atoms with Crippen molar-refractivity contribution in [2.75, 3.05) is 32.5 Å². The third kappa shape index (κ3) is 2.58. The number of pyridine rings is 1. The minimum Gasteiger partial charge on any atom is -0.373 e. The Labute approximate surface area is 106 Å². The van der Waals surface area contributed by atoms with Gasteiger partial charge in [-0.2, -0.15) is 0 Å². The van der Waals surface area contributed by atoms with Crippen LogP contribution in [0, 0.1) is 0 Å². The summed E-state index contributed by atoms with van der Waals surface area (Å²) in [5.41, 5.74) is 0.916. The van der Waals surface area contributed by atoms with Crippen molar-refractivity contribution < 1.29 is 9.59 Å². The molecule has 1 aliphatic rings. The van der Waals surface area contributed by atoms with Gasteiger partial charge in [-0.1, -0.05) is 6.07 Å². The van der Waals surface area contributed by atoms with E-state index in [4.69, 9.17) is 0 Å². The zero-order valence-corrected chi connectivity index (χ0v) is 10.5. The molecule has 6 nitrogen and oxygen atoms in total. The average molecular weight is 248 g/mol. The fourth-order valence-electron chi connectivity index (χ4n) is 1.79. The van der Waals surface area contributed by atoms with E-state index in [9.17, 15) is 9.59 Å². The van der Waals surface area contributed by atoms with Crippen LogP contribution in [0.2, 0.25) is 0 Å². The quantitative estimate of drug-likeness (QED) is 0.813. The number of carbonyl (C=O) groups is 2. The maximum Gasteiger partial charge on any atom is 0.242 e. The highest BCUT2D eigenvalue weighted by atomic mass is 16.2. The fraction of sp³-hybridized carbons (Fsp3) is 0.417. The Morgan fingerprint density at radius 2 is 2.06 bits per heavy atom. The van der Waals surface area contributed by atoms with Crippen molar-refractivity contribution in [3.63, 3.8) is 0 Å². The molecule has 0 aliphatic carbocycles. The predicted octanol–water partition coefficient (Wildman–Crippen LogP) is -0.0761. The molecule has 0 saturated carbocycles. The molecule has 0 atom stereocenters. The maximum absolute atomic E-state index is 11.8. The number of amides is 2. The highest BCUT2D eigenvalue weighted by Crippen LogP contribution is 2.10. The second-order valence-electron chi connectivity index (χ2n) is 4.30. The third-order valence-corrected chi connectivity index (χ3v) is 2.93. The summed E-state index contributed by atoms with van der Waals surface area (Å²) in [6, 6.07) is 3.74. The molecular formula is C12H16N4O2. The van der Waals surface area contributed by atoms with Crippen molar-refractivity contribution in [1.29, 1.82) is 0 Å². The third-order valence-electron chi connectivity index (χ3n) is 2.93. The highest BCUT2D eigenvalue weighted by Gasteiger charge is 2.27. The van der Waals surface area contributed by atoms with E-state index in [-0.39, 0.29) is 24.9 Å². The Hall–Kier alpha value is -2.11. The van der Waals surface area contributed by atoms with Gasteiger partial charge in [0.05, 0.1) is 6.54 Å². The van der Waals surface area contributed by atoms with E-state index in [0.717, 1.165) is 11.4 Å². The minimum absolute atomic E-state index is 0.0326. The number of likely N-dealkylation sites (N-methyl/N-ethyl adjacent to an activating group) is 1. The predicted molar refractivity (Wildman–Crippen MR) is 66.8 cm³/mol. The molecule has 1 aliphatic heterocycles. The van der Waals surface area contributed by atoms with Crippen molar-refractivity contribution >= 4 is 17.6 Å². The van der Waals surface area contributed by atoms with E-state index in [0.29, 0.717) is 6.54 Å². The highest BCUT2D eigenvalue weighted by molar-refractivity contribution is 5.92. The van der Waals surface area contributed by atoms with E-state index in [1.807, 2.05) is 12.1 Å². The number of rotatable bonds is 3. The van der Waals surface area contributed by atoms with Gasteiger partial charge < -0.3 is 15.1 Å². The topological polar surface area (TPSA) is 65.5 Å². The minimum atomic E-state index is -0.0330. The molecule has 1 aromatic heterocycles.